The van der Waals surface area contributed by atoms with Gasteiger partial charge in [0.1, 0.15) is 11.6 Å². The van der Waals surface area contributed by atoms with Crippen LogP contribution in [0.1, 0.15) is 37.5 Å². The number of pyridine rings is 1. The lowest BCUT2D eigenvalue weighted by Crippen LogP contribution is -2.20. The molecular weight excluding hydrogens is 404 g/mol. The minimum Gasteiger partial charge on any atom is -0.496 e. The van der Waals surface area contributed by atoms with Gasteiger partial charge in [-0.1, -0.05) is 19.9 Å². The molecule has 0 bridgehead atoms. The fourth-order valence-corrected chi connectivity index (χ4v) is 3.85. The van der Waals surface area contributed by atoms with Gasteiger partial charge in [-0.3, -0.25) is 4.79 Å². The number of anilines is 3. The number of nitrogens with zero attached hydrogens (tertiary/aromatic N) is 3. The molecule has 1 aliphatic heterocycles. The third-order valence-corrected chi connectivity index (χ3v) is 5.72. The van der Waals surface area contributed by atoms with Crippen molar-refractivity contribution in [2.75, 3.05) is 24.3 Å². The van der Waals surface area contributed by atoms with Crippen molar-refractivity contribution in [2.24, 2.45) is 0 Å². The standard InChI is InChI=1S/C24H28N6O2/c1-14-6-7-20(32-5)17(12-26-15(2)31)21(14)30-23-25-9-8-19(29-23)16-10-18-22(27-11-16)28-13-24(18,3)4/h6-11H,12-13H2,1-5H3,(H,26,31)(H,27,28)(H,25,29,30). The van der Waals surface area contributed by atoms with Gasteiger partial charge in [0.2, 0.25) is 11.9 Å². The number of carbonyl (C=O) groups excluding carboxylic acids is 1. The summed E-state index contributed by atoms with van der Waals surface area (Å²) < 4.78 is 5.52. The van der Waals surface area contributed by atoms with E-state index >= 15 is 0 Å². The van der Waals surface area contributed by atoms with Crippen LogP contribution < -0.4 is 20.7 Å². The molecule has 4 rings (SSSR count). The number of aromatic nitrogens is 3. The fraction of sp³-hybridized carbons (Fsp3) is 0.333. The number of fused-ring (bicyclic) bond motifs is 1. The Bertz CT molecular complexity index is 1180. The molecule has 0 radical (unpaired) electrons. The van der Waals surface area contributed by atoms with Gasteiger partial charge in [0.15, 0.2) is 0 Å². The normalized spacial score (nSPS) is 13.8. The highest BCUT2D eigenvalue weighted by Crippen LogP contribution is 2.37. The summed E-state index contributed by atoms with van der Waals surface area (Å²) in [4.78, 5) is 25.2. The number of benzene rings is 1. The molecule has 3 aromatic rings. The third kappa shape index (κ3) is 4.21. The van der Waals surface area contributed by atoms with E-state index < -0.39 is 0 Å². The number of aryl methyl sites for hydroxylation is 1. The monoisotopic (exact) mass is 432 g/mol. The maximum atomic E-state index is 11.5. The van der Waals surface area contributed by atoms with Crippen LogP contribution >= 0.6 is 0 Å². The second-order valence-corrected chi connectivity index (χ2v) is 8.60. The van der Waals surface area contributed by atoms with Gasteiger partial charge in [-0.05, 0) is 30.7 Å². The number of hydrogen-bond donors (Lipinski definition) is 3. The molecule has 8 heteroatoms. The maximum Gasteiger partial charge on any atom is 0.227 e. The highest BCUT2D eigenvalue weighted by Gasteiger charge is 2.31. The predicted octanol–water partition coefficient (Wildman–Crippen LogP) is 3.94. The van der Waals surface area contributed by atoms with Crippen molar-refractivity contribution in [2.45, 2.75) is 39.7 Å². The Kier molecular flexibility index (Phi) is 5.69. The van der Waals surface area contributed by atoms with E-state index in [1.54, 1.807) is 13.3 Å². The maximum absolute atomic E-state index is 11.5. The van der Waals surface area contributed by atoms with Crippen LogP contribution in [0.3, 0.4) is 0 Å². The average Bonchev–Trinajstić information content (AvgIpc) is 3.08. The molecule has 0 aliphatic carbocycles. The van der Waals surface area contributed by atoms with E-state index in [4.69, 9.17) is 9.72 Å². The van der Waals surface area contributed by atoms with E-state index in [1.165, 1.54) is 12.5 Å². The number of ether oxygens (including phenoxy) is 1. The van der Waals surface area contributed by atoms with Crippen molar-refractivity contribution >= 4 is 23.4 Å². The predicted molar refractivity (Wildman–Crippen MR) is 125 cm³/mol. The summed E-state index contributed by atoms with van der Waals surface area (Å²) in [6.07, 6.45) is 3.56. The molecule has 0 saturated carbocycles. The SMILES string of the molecule is COc1ccc(C)c(Nc2nccc(-c3cnc4c(c3)C(C)(C)CN4)n2)c1CNC(C)=O. The molecule has 0 saturated heterocycles. The van der Waals surface area contributed by atoms with Gasteiger partial charge in [0.05, 0.1) is 18.5 Å². The van der Waals surface area contributed by atoms with Gasteiger partial charge < -0.3 is 20.7 Å². The Morgan fingerprint density at radius 3 is 2.81 bits per heavy atom. The summed E-state index contributed by atoms with van der Waals surface area (Å²) in [7, 11) is 1.61. The molecular formula is C24H28N6O2. The number of carbonyl (C=O) groups is 1. The van der Waals surface area contributed by atoms with E-state index in [9.17, 15) is 4.79 Å². The van der Waals surface area contributed by atoms with Crippen molar-refractivity contribution in [1.82, 2.24) is 20.3 Å². The first-order chi connectivity index (χ1) is 15.3. The summed E-state index contributed by atoms with van der Waals surface area (Å²) in [5.74, 6) is 1.96. The topological polar surface area (TPSA) is 101 Å². The van der Waals surface area contributed by atoms with Gasteiger partial charge in [-0.15, -0.1) is 0 Å². The van der Waals surface area contributed by atoms with E-state index in [-0.39, 0.29) is 11.3 Å². The van der Waals surface area contributed by atoms with Crippen LogP contribution in [-0.2, 0) is 16.8 Å². The zero-order chi connectivity index (χ0) is 22.9. The molecule has 1 amide bonds. The number of hydrogen-bond acceptors (Lipinski definition) is 7. The molecule has 3 heterocycles. The second-order valence-electron chi connectivity index (χ2n) is 8.60. The number of amides is 1. The molecule has 0 atom stereocenters. The van der Waals surface area contributed by atoms with Crippen LogP contribution in [0, 0.1) is 6.92 Å². The van der Waals surface area contributed by atoms with Gasteiger partial charge in [-0.25, -0.2) is 15.0 Å². The molecule has 166 valence electrons. The van der Waals surface area contributed by atoms with Gasteiger partial charge >= 0.3 is 0 Å². The quantitative estimate of drug-likeness (QED) is 0.542. The Hall–Kier alpha value is -3.68. The molecule has 0 unspecified atom stereocenters. The van der Waals surface area contributed by atoms with Crippen molar-refractivity contribution in [1.29, 1.82) is 0 Å². The minimum atomic E-state index is -0.112. The Labute approximate surface area is 187 Å². The van der Waals surface area contributed by atoms with E-state index in [0.717, 1.165) is 40.4 Å². The number of methoxy groups -OCH3 is 1. The highest BCUT2D eigenvalue weighted by molar-refractivity contribution is 5.74. The van der Waals surface area contributed by atoms with Crippen LogP contribution in [0.4, 0.5) is 17.5 Å². The average molecular weight is 433 g/mol. The zero-order valence-corrected chi connectivity index (χ0v) is 19.0. The lowest BCUT2D eigenvalue weighted by molar-refractivity contribution is -0.119. The first-order valence-corrected chi connectivity index (χ1v) is 10.5. The molecule has 8 nitrogen and oxygen atoms in total. The van der Waals surface area contributed by atoms with Crippen molar-refractivity contribution < 1.29 is 9.53 Å². The molecule has 32 heavy (non-hydrogen) atoms. The zero-order valence-electron chi connectivity index (χ0n) is 19.0. The molecule has 0 spiro atoms. The van der Waals surface area contributed by atoms with Gasteiger partial charge in [0, 0.05) is 54.5 Å². The molecule has 2 aromatic heterocycles. The third-order valence-electron chi connectivity index (χ3n) is 5.72. The fourth-order valence-electron chi connectivity index (χ4n) is 3.85. The van der Waals surface area contributed by atoms with Gasteiger partial charge in [-0.2, -0.15) is 0 Å². The van der Waals surface area contributed by atoms with E-state index in [1.807, 2.05) is 31.3 Å². The summed E-state index contributed by atoms with van der Waals surface area (Å²) in [6.45, 7) is 9.07. The number of rotatable bonds is 6. The lowest BCUT2D eigenvalue weighted by atomic mass is 9.87. The van der Waals surface area contributed by atoms with Crippen LogP contribution in [0.5, 0.6) is 5.75 Å². The highest BCUT2D eigenvalue weighted by atomic mass is 16.5. The minimum absolute atomic E-state index is 0.0166. The molecule has 1 aromatic carbocycles. The van der Waals surface area contributed by atoms with Crippen LogP contribution in [0.15, 0.2) is 36.7 Å². The van der Waals surface area contributed by atoms with E-state index in [2.05, 4.69) is 45.8 Å². The first-order valence-electron chi connectivity index (χ1n) is 10.5. The van der Waals surface area contributed by atoms with Crippen LogP contribution in [-0.4, -0.2) is 34.5 Å². The Morgan fingerprint density at radius 2 is 2.06 bits per heavy atom. The molecule has 1 aliphatic rings. The molecule has 3 N–H and O–H groups in total. The largest absolute Gasteiger partial charge is 0.496 e. The summed E-state index contributed by atoms with van der Waals surface area (Å²) in [5.41, 5.74) is 5.56. The Balaban J connectivity index is 1.68. The van der Waals surface area contributed by atoms with Crippen molar-refractivity contribution in [3.05, 3.63) is 53.3 Å². The van der Waals surface area contributed by atoms with Gasteiger partial charge in [0.25, 0.3) is 0 Å². The van der Waals surface area contributed by atoms with Crippen LogP contribution in [0.2, 0.25) is 0 Å². The van der Waals surface area contributed by atoms with Crippen LogP contribution in [0.25, 0.3) is 11.3 Å². The lowest BCUT2D eigenvalue weighted by Gasteiger charge is -2.18. The Morgan fingerprint density at radius 1 is 1.25 bits per heavy atom. The van der Waals surface area contributed by atoms with Crippen molar-refractivity contribution in [3.63, 3.8) is 0 Å². The summed E-state index contributed by atoms with van der Waals surface area (Å²) in [5, 5.41) is 9.53. The molecule has 0 fully saturated rings. The summed E-state index contributed by atoms with van der Waals surface area (Å²) >= 11 is 0. The number of nitrogens with one attached hydrogen (secondary N) is 3. The summed E-state index contributed by atoms with van der Waals surface area (Å²) in [6, 6.07) is 7.87. The first kappa shape index (κ1) is 21.5. The van der Waals surface area contributed by atoms with Crippen molar-refractivity contribution in [3.8, 4) is 17.0 Å². The second kappa shape index (κ2) is 8.45. The smallest absolute Gasteiger partial charge is 0.227 e. The van der Waals surface area contributed by atoms with E-state index in [0.29, 0.717) is 18.2 Å².